The Morgan fingerprint density at radius 3 is 2.72 bits per heavy atom. The second-order valence-corrected chi connectivity index (χ2v) is 5.01. The quantitative estimate of drug-likeness (QED) is 0.816. The number of aryl methyl sites for hydroxylation is 1. The topological polar surface area (TPSA) is 44.4 Å². The van der Waals surface area contributed by atoms with Crippen molar-refractivity contribution < 1.29 is 4.79 Å². The van der Waals surface area contributed by atoms with Crippen LogP contribution < -0.4 is 15.5 Å². The summed E-state index contributed by atoms with van der Waals surface area (Å²) < 4.78 is 0. The molecule has 0 aliphatic carbocycles. The van der Waals surface area contributed by atoms with Crippen molar-refractivity contribution in [2.75, 3.05) is 25.0 Å². The first kappa shape index (κ1) is 13.1. The third-order valence-corrected chi connectivity index (χ3v) is 3.36. The van der Waals surface area contributed by atoms with Gasteiger partial charge in [-0.1, -0.05) is 12.1 Å². The van der Waals surface area contributed by atoms with E-state index in [1.54, 1.807) is 4.90 Å². The van der Waals surface area contributed by atoms with Gasteiger partial charge in [-0.3, -0.25) is 4.79 Å². The Morgan fingerprint density at radius 1 is 1.33 bits per heavy atom. The van der Waals surface area contributed by atoms with Gasteiger partial charge in [0.2, 0.25) is 5.91 Å². The van der Waals surface area contributed by atoms with Crippen molar-refractivity contribution in [2.45, 2.75) is 25.9 Å². The molecule has 0 aromatic heterocycles. The second-order valence-electron chi connectivity index (χ2n) is 5.01. The van der Waals surface area contributed by atoms with E-state index < -0.39 is 0 Å². The number of nitrogens with zero attached hydrogens (tertiary/aromatic N) is 1. The number of rotatable bonds is 2. The molecule has 1 saturated heterocycles. The molecule has 2 rings (SSSR count). The molecule has 1 aromatic rings. The lowest BCUT2D eigenvalue weighted by molar-refractivity contribution is -0.120. The monoisotopic (exact) mass is 247 g/mol. The van der Waals surface area contributed by atoms with Gasteiger partial charge in [0.1, 0.15) is 0 Å². The number of benzene rings is 1. The van der Waals surface area contributed by atoms with Gasteiger partial charge >= 0.3 is 0 Å². The van der Waals surface area contributed by atoms with E-state index in [1.807, 2.05) is 38.2 Å². The molecule has 0 spiro atoms. The van der Waals surface area contributed by atoms with E-state index in [4.69, 9.17) is 0 Å². The summed E-state index contributed by atoms with van der Waals surface area (Å²) >= 11 is 0. The van der Waals surface area contributed by atoms with Gasteiger partial charge in [0.15, 0.2) is 0 Å². The molecule has 1 amide bonds. The fourth-order valence-electron chi connectivity index (χ4n) is 2.15. The van der Waals surface area contributed by atoms with Gasteiger partial charge in [0, 0.05) is 31.9 Å². The lowest BCUT2D eigenvalue weighted by Crippen LogP contribution is -2.59. The van der Waals surface area contributed by atoms with Crippen molar-refractivity contribution >= 4 is 11.6 Å². The zero-order valence-corrected chi connectivity index (χ0v) is 11.2. The lowest BCUT2D eigenvalue weighted by atomic mass is 10.1. The Bertz CT molecular complexity index is 425. The van der Waals surface area contributed by atoms with E-state index in [0.29, 0.717) is 12.6 Å². The van der Waals surface area contributed by atoms with Crippen molar-refractivity contribution in [3.05, 3.63) is 29.8 Å². The molecular formula is C14H21N3O. The van der Waals surface area contributed by atoms with E-state index in [0.717, 1.165) is 17.8 Å². The molecule has 4 nitrogen and oxygen atoms in total. The van der Waals surface area contributed by atoms with Crippen molar-refractivity contribution in [1.29, 1.82) is 0 Å². The Hall–Kier alpha value is -1.39. The Balaban J connectivity index is 2.04. The predicted molar refractivity (Wildman–Crippen MR) is 73.8 cm³/mol. The van der Waals surface area contributed by atoms with Crippen LogP contribution in [0.5, 0.6) is 0 Å². The van der Waals surface area contributed by atoms with Crippen molar-refractivity contribution in [3.63, 3.8) is 0 Å². The molecule has 0 saturated carbocycles. The summed E-state index contributed by atoms with van der Waals surface area (Å²) in [5.74, 6) is 0.111. The summed E-state index contributed by atoms with van der Waals surface area (Å²) in [6.45, 7) is 5.66. The molecule has 0 bridgehead atoms. The fraction of sp³-hybridized carbons (Fsp3) is 0.500. The summed E-state index contributed by atoms with van der Waals surface area (Å²) in [4.78, 5) is 14.1. The average Bonchev–Trinajstić information content (AvgIpc) is 2.38. The van der Waals surface area contributed by atoms with Gasteiger partial charge in [-0.05, 0) is 31.5 Å². The summed E-state index contributed by atoms with van der Waals surface area (Å²) in [5, 5.41) is 6.60. The zero-order chi connectivity index (χ0) is 13.1. The molecule has 98 valence electrons. The number of hydrogen-bond acceptors (Lipinski definition) is 3. The largest absolute Gasteiger partial charge is 0.314 e. The van der Waals surface area contributed by atoms with E-state index in [-0.39, 0.29) is 11.9 Å². The molecule has 4 heteroatoms. The van der Waals surface area contributed by atoms with E-state index in [2.05, 4.69) is 17.6 Å². The molecule has 2 atom stereocenters. The van der Waals surface area contributed by atoms with Crippen LogP contribution in [0.1, 0.15) is 12.5 Å². The van der Waals surface area contributed by atoms with Crippen LogP contribution in [-0.4, -0.2) is 38.1 Å². The number of anilines is 1. The molecule has 2 N–H and O–H groups in total. The average molecular weight is 247 g/mol. The maximum absolute atomic E-state index is 12.3. The molecule has 1 aliphatic heterocycles. The fourth-order valence-corrected chi connectivity index (χ4v) is 2.15. The summed E-state index contributed by atoms with van der Waals surface area (Å²) in [7, 11) is 1.83. The van der Waals surface area contributed by atoms with Crippen LogP contribution in [0.25, 0.3) is 0 Å². The van der Waals surface area contributed by atoms with Gasteiger partial charge in [0.05, 0.1) is 6.04 Å². The first-order valence-corrected chi connectivity index (χ1v) is 6.39. The van der Waals surface area contributed by atoms with Crippen LogP contribution in [0.2, 0.25) is 0 Å². The van der Waals surface area contributed by atoms with Gasteiger partial charge in [-0.25, -0.2) is 0 Å². The molecule has 2 unspecified atom stereocenters. The van der Waals surface area contributed by atoms with Crippen LogP contribution in [0.3, 0.4) is 0 Å². The number of amides is 1. The Kier molecular flexibility index (Phi) is 3.99. The third kappa shape index (κ3) is 2.89. The highest BCUT2D eigenvalue weighted by Crippen LogP contribution is 2.15. The highest BCUT2D eigenvalue weighted by Gasteiger charge is 2.26. The van der Waals surface area contributed by atoms with Crippen LogP contribution in [-0.2, 0) is 4.79 Å². The summed E-state index contributed by atoms with van der Waals surface area (Å²) in [6, 6.07) is 8.29. The number of carbonyl (C=O) groups is 1. The second kappa shape index (κ2) is 5.50. The van der Waals surface area contributed by atoms with Gasteiger partial charge < -0.3 is 15.5 Å². The minimum absolute atomic E-state index is 0.111. The van der Waals surface area contributed by atoms with E-state index >= 15 is 0 Å². The van der Waals surface area contributed by atoms with Gasteiger partial charge in [-0.2, -0.15) is 0 Å². The minimum Gasteiger partial charge on any atom is -0.314 e. The number of likely N-dealkylation sites (N-methyl/N-ethyl adjacent to an activating group) is 1. The van der Waals surface area contributed by atoms with Crippen LogP contribution in [0, 0.1) is 6.92 Å². The minimum atomic E-state index is -0.133. The SMILES string of the molecule is Cc1cccc(N(C)C(=O)C2CNC(C)CN2)c1. The molecule has 0 radical (unpaired) electrons. The molecule has 1 fully saturated rings. The molecule has 18 heavy (non-hydrogen) atoms. The van der Waals surface area contributed by atoms with Crippen molar-refractivity contribution in [1.82, 2.24) is 10.6 Å². The zero-order valence-electron chi connectivity index (χ0n) is 11.2. The standard InChI is InChI=1S/C14H21N3O/c1-10-5-4-6-12(7-10)17(3)14(18)13-9-15-11(2)8-16-13/h4-7,11,13,15-16H,8-9H2,1-3H3. The van der Waals surface area contributed by atoms with E-state index in [1.165, 1.54) is 0 Å². The molecule has 1 aliphatic rings. The number of nitrogens with one attached hydrogen (secondary N) is 2. The lowest BCUT2D eigenvalue weighted by Gasteiger charge is -2.31. The number of piperazine rings is 1. The van der Waals surface area contributed by atoms with Crippen LogP contribution in [0.4, 0.5) is 5.69 Å². The summed E-state index contributed by atoms with van der Waals surface area (Å²) in [5.41, 5.74) is 2.11. The Morgan fingerprint density at radius 2 is 2.11 bits per heavy atom. The van der Waals surface area contributed by atoms with E-state index in [9.17, 15) is 4.79 Å². The van der Waals surface area contributed by atoms with Gasteiger partial charge in [0.25, 0.3) is 0 Å². The van der Waals surface area contributed by atoms with Crippen LogP contribution in [0.15, 0.2) is 24.3 Å². The highest BCUT2D eigenvalue weighted by atomic mass is 16.2. The van der Waals surface area contributed by atoms with Crippen LogP contribution >= 0.6 is 0 Å². The van der Waals surface area contributed by atoms with Crippen molar-refractivity contribution in [3.8, 4) is 0 Å². The molecular weight excluding hydrogens is 226 g/mol. The van der Waals surface area contributed by atoms with Gasteiger partial charge in [-0.15, -0.1) is 0 Å². The number of carbonyl (C=O) groups excluding carboxylic acids is 1. The first-order valence-electron chi connectivity index (χ1n) is 6.39. The maximum Gasteiger partial charge on any atom is 0.245 e. The van der Waals surface area contributed by atoms with Crippen molar-refractivity contribution in [2.24, 2.45) is 0 Å². The molecule has 1 aromatic carbocycles. The number of hydrogen-bond donors (Lipinski definition) is 2. The Labute approximate surface area is 108 Å². The highest BCUT2D eigenvalue weighted by molar-refractivity contribution is 5.97. The normalized spacial score (nSPS) is 23.7. The first-order chi connectivity index (χ1) is 8.58. The maximum atomic E-state index is 12.3. The summed E-state index contributed by atoms with van der Waals surface area (Å²) in [6.07, 6.45) is 0. The predicted octanol–water partition coefficient (Wildman–Crippen LogP) is 0.908. The smallest absolute Gasteiger partial charge is 0.245 e. The third-order valence-electron chi connectivity index (χ3n) is 3.36. The molecule has 1 heterocycles.